The molecule has 1 atom stereocenters. The fraction of sp³-hybridized carbons (Fsp3) is 0.273. The number of carbonyl (C=O) groups excluding carboxylic acids is 1. The first-order valence-electron chi connectivity index (χ1n) is 9.70. The largest absolute Gasteiger partial charge is 0.493 e. The zero-order valence-corrected chi connectivity index (χ0v) is 18.3. The molecule has 3 aromatic rings. The van der Waals surface area contributed by atoms with E-state index in [0.717, 1.165) is 17.8 Å². The van der Waals surface area contributed by atoms with Gasteiger partial charge in [0.05, 0.1) is 23.9 Å². The van der Waals surface area contributed by atoms with Crippen LogP contribution >= 0.6 is 11.3 Å². The van der Waals surface area contributed by atoms with Gasteiger partial charge in [0.2, 0.25) is 0 Å². The van der Waals surface area contributed by atoms with Crippen LogP contribution in [-0.4, -0.2) is 42.4 Å². The maximum atomic E-state index is 12.8. The van der Waals surface area contributed by atoms with Crippen molar-refractivity contribution in [1.29, 1.82) is 0 Å². The third-order valence-electron chi connectivity index (χ3n) is 4.39. The molecule has 1 aromatic heterocycles. The number of benzene rings is 2. The molecule has 0 aliphatic rings. The molecule has 2 aromatic carbocycles. The van der Waals surface area contributed by atoms with E-state index < -0.39 is 23.8 Å². The van der Waals surface area contributed by atoms with Crippen LogP contribution in [0.15, 0.2) is 53.4 Å². The van der Waals surface area contributed by atoms with E-state index in [0.29, 0.717) is 11.5 Å². The first kappa shape index (κ1) is 24.3. The normalized spacial score (nSPS) is 12.2. The van der Waals surface area contributed by atoms with Crippen LogP contribution in [0.2, 0.25) is 0 Å². The van der Waals surface area contributed by atoms with Crippen molar-refractivity contribution in [3.8, 4) is 17.2 Å². The molecule has 1 amide bonds. The van der Waals surface area contributed by atoms with Gasteiger partial charge in [0, 0.05) is 17.5 Å². The van der Waals surface area contributed by atoms with Gasteiger partial charge in [0.25, 0.3) is 5.91 Å². The van der Waals surface area contributed by atoms with E-state index in [9.17, 15) is 23.1 Å². The fourth-order valence-electron chi connectivity index (χ4n) is 2.71. The van der Waals surface area contributed by atoms with E-state index in [4.69, 9.17) is 14.2 Å². The van der Waals surface area contributed by atoms with Crippen LogP contribution in [-0.2, 0) is 12.8 Å². The summed E-state index contributed by atoms with van der Waals surface area (Å²) in [4.78, 5) is 16.5. The lowest BCUT2D eigenvalue weighted by Gasteiger charge is -2.15. The van der Waals surface area contributed by atoms with Crippen molar-refractivity contribution in [2.45, 2.75) is 18.9 Å². The van der Waals surface area contributed by atoms with Crippen LogP contribution < -0.4 is 19.5 Å². The first-order valence-corrected chi connectivity index (χ1v) is 10.6. The summed E-state index contributed by atoms with van der Waals surface area (Å²) in [7, 11) is 1.45. The quantitative estimate of drug-likeness (QED) is 0.455. The number of aliphatic hydroxyl groups is 1. The third kappa shape index (κ3) is 7.09. The van der Waals surface area contributed by atoms with Crippen LogP contribution in [0, 0.1) is 0 Å². The Hall–Kier alpha value is -3.31. The Labute approximate surface area is 191 Å². The van der Waals surface area contributed by atoms with Gasteiger partial charge in [-0.05, 0) is 36.4 Å². The van der Waals surface area contributed by atoms with Gasteiger partial charge in [-0.25, -0.2) is 4.98 Å². The smallest absolute Gasteiger partial charge is 0.416 e. The lowest BCUT2D eigenvalue weighted by atomic mass is 10.2. The molecule has 0 aliphatic heterocycles. The zero-order valence-electron chi connectivity index (χ0n) is 17.5. The number of ether oxygens (including phenoxy) is 3. The van der Waals surface area contributed by atoms with E-state index in [-0.39, 0.29) is 31.1 Å². The lowest BCUT2D eigenvalue weighted by Crippen LogP contribution is -2.35. The van der Waals surface area contributed by atoms with Crippen LogP contribution in [0.5, 0.6) is 17.2 Å². The summed E-state index contributed by atoms with van der Waals surface area (Å²) in [5.41, 5.74) is 1.89. The molecule has 1 unspecified atom stereocenters. The SMILES string of the molecule is COc1cc(C(=O)NCC(O)COc2cccc(C(F)(F)F)c2)ccc1OCc1cscn1. The highest BCUT2D eigenvalue weighted by Gasteiger charge is 2.30. The zero-order chi connectivity index (χ0) is 23.8. The number of alkyl halides is 3. The van der Waals surface area contributed by atoms with Crippen molar-refractivity contribution >= 4 is 17.2 Å². The maximum absolute atomic E-state index is 12.8. The number of nitrogens with zero attached hydrogens (tertiary/aromatic N) is 1. The number of carbonyl (C=O) groups is 1. The summed E-state index contributed by atoms with van der Waals surface area (Å²) >= 11 is 1.45. The number of thiazole rings is 1. The molecule has 33 heavy (non-hydrogen) atoms. The van der Waals surface area contributed by atoms with Crippen LogP contribution in [0.25, 0.3) is 0 Å². The molecule has 0 saturated carbocycles. The summed E-state index contributed by atoms with van der Waals surface area (Å²) < 4.78 is 54.4. The average molecular weight is 482 g/mol. The van der Waals surface area contributed by atoms with Gasteiger partial charge in [-0.2, -0.15) is 13.2 Å². The van der Waals surface area contributed by atoms with Crippen molar-refractivity contribution in [2.75, 3.05) is 20.3 Å². The molecule has 0 spiro atoms. The van der Waals surface area contributed by atoms with Crippen molar-refractivity contribution in [3.63, 3.8) is 0 Å². The second-order valence-corrected chi connectivity index (χ2v) is 7.55. The molecule has 0 bridgehead atoms. The van der Waals surface area contributed by atoms with E-state index >= 15 is 0 Å². The van der Waals surface area contributed by atoms with Crippen LogP contribution in [0.1, 0.15) is 21.6 Å². The number of aromatic nitrogens is 1. The fourth-order valence-corrected chi connectivity index (χ4v) is 3.26. The molecule has 2 N–H and O–H groups in total. The molecule has 1 heterocycles. The van der Waals surface area contributed by atoms with E-state index in [1.165, 1.54) is 36.6 Å². The standard InChI is InChI=1S/C22H21F3N2O5S/c1-30-20-7-14(5-6-19(20)32-10-16-12-33-13-27-16)21(29)26-9-17(28)11-31-18-4-2-3-15(8-18)22(23,24)25/h2-8,12-13,17,28H,9-11H2,1H3,(H,26,29). The van der Waals surface area contributed by atoms with E-state index in [1.54, 1.807) is 17.6 Å². The second-order valence-electron chi connectivity index (χ2n) is 6.83. The Morgan fingerprint density at radius 1 is 1.18 bits per heavy atom. The van der Waals surface area contributed by atoms with E-state index in [1.807, 2.05) is 5.38 Å². The molecule has 7 nitrogen and oxygen atoms in total. The summed E-state index contributed by atoms with van der Waals surface area (Å²) in [6.45, 7) is -0.208. The van der Waals surface area contributed by atoms with E-state index in [2.05, 4.69) is 10.3 Å². The molecule has 176 valence electrons. The molecule has 0 saturated heterocycles. The number of rotatable bonds is 10. The number of aliphatic hydroxyl groups excluding tert-OH is 1. The monoisotopic (exact) mass is 482 g/mol. The Bertz CT molecular complexity index is 1060. The Morgan fingerprint density at radius 3 is 2.70 bits per heavy atom. The topological polar surface area (TPSA) is 89.9 Å². The van der Waals surface area contributed by atoms with Crippen LogP contribution in [0.4, 0.5) is 13.2 Å². The third-order valence-corrected chi connectivity index (χ3v) is 5.02. The molecule has 0 aliphatic carbocycles. The molecule has 11 heteroatoms. The lowest BCUT2D eigenvalue weighted by molar-refractivity contribution is -0.137. The summed E-state index contributed by atoms with van der Waals surface area (Å²) in [6, 6.07) is 8.96. The number of hydrogen-bond acceptors (Lipinski definition) is 7. The molecule has 0 fully saturated rings. The first-order chi connectivity index (χ1) is 15.8. The highest BCUT2D eigenvalue weighted by molar-refractivity contribution is 7.07. The second kappa shape index (κ2) is 11.0. The van der Waals surface area contributed by atoms with Crippen LogP contribution in [0.3, 0.4) is 0 Å². The molecule has 3 rings (SSSR count). The minimum Gasteiger partial charge on any atom is -0.493 e. The van der Waals surface area contributed by atoms with Crippen molar-refractivity contribution < 1.29 is 37.3 Å². The number of hydrogen-bond donors (Lipinski definition) is 2. The van der Waals surface area contributed by atoms with Gasteiger partial charge in [0.15, 0.2) is 11.5 Å². The molecular weight excluding hydrogens is 461 g/mol. The van der Waals surface area contributed by atoms with Gasteiger partial charge in [0.1, 0.15) is 25.1 Å². The van der Waals surface area contributed by atoms with Gasteiger partial charge < -0.3 is 24.6 Å². The van der Waals surface area contributed by atoms with Gasteiger partial charge >= 0.3 is 6.18 Å². The highest BCUT2D eigenvalue weighted by Crippen LogP contribution is 2.31. The van der Waals surface area contributed by atoms with Gasteiger partial charge in [-0.1, -0.05) is 6.07 Å². The van der Waals surface area contributed by atoms with Gasteiger partial charge in [-0.15, -0.1) is 11.3 Å². The average Bonchev–Trinajstić information content (AvgIpc) is 3.33. The Kier molecular flexibility index (Phi) is 8.12. The highest BCUT2D eigenvalue weighted by atomic mass is 32.1. The predicted molar refractivity (Wildman–Crippen MR) is 115 cm³/mol. The summed E-state index contributed by atoms with van der Waals surface area (Å²) in [6.07, 6.45) is -5.62. The minimum absolute atomic E-state index is 0.0341. The molecular formula is C22H21F3N2O5S. The number of halogens is 3. The van der Waals surface area contributed by atoms with Gasteiger partial charge in [-0.3, -0.25) is 4.79 Å². The van der Waals surface area contributed by atoms with Crippen molar-refractivity contribution in [1.82, 2.24) is 10.3 Å². The maximum Gasteiger partial charge on any atom is 0.416 e. The number of methoxy groups -OCH3 is 1. The minimum atomic E-state index is -4.49. The van der Waals surface area contributed by atoms with Crippen molar-refractivity contribution in [3.05, 3.63) is 70.2 Å². The Balaban J connectivity index is 1.50. The van der Waals surface area contributed by atoms with Crippen molar-refractivity contribution in [2.24, 2.45) is 0 Å². The Morgan fingerprint density at radius 2 is 2.00 bits per heavy atom. The number of amides is 1. The number of nitrogens with one attached hydrogen (secondary N) is 1. The molecule has 0 radical (unpaired) electrons. The summed E-state index contributed by atoms with van der Waals surface area (Å²) in [5, 5.41) is 14.4. The summed E-state index contributed by atoms with van der Waals surface area (Å²) in [5.74, 6) is 0.286. The predicted octanol–water partition coefficient (Wildman–Crippen LogP) is 3.92.